The maximum absolute atomic E-state index is 13.2. The quantitative estimate of drug-likeness (QED) is 0.450. The minimum atomic E-state index is -4.59. The minimum Gasteiger partial charge on any atom is -0.350 e. The average molecular weight is 455 g/mol. The van der Waals surface area contributed by atoms with Crippen LogP contribution in [-0.2, 0) is 12.6 Å². The first kappa shape index (κ1) is 22.2. The minimum absolute atomic E-state index is 0.0335. The lowest BCUT2D eigenvalue weighted by Gasteiger charge is -2.14. The van der Waals surface area contributed by atoms with E-state index in [1.807, 2.05) is 0 Å². The zero-order chi connectivity index (χ0) is 23.6. The molecule has 168 valence electrons. The Kier molecular flexibility index (Phi) is 5.95. The Hall–Kier alpha value is -4.01. The second-order valence-electron chi connectivity index (χ2n) is 7.27. The van der Waals surface area contributed by atoms with Gasteiger partial charge in [-0.3, -0.25) is 14.2 Å². The molecular formula is C24H17F4N3O2. The van der Waals surface area contributed by atoms with Gasteiger partial charge in [-0.2, -0.15) is 13.2 Å². The summed E-state index contributed by atoms with van der Waals surface area (Å²) in [7, 11) is 0. The van der Waals surface area contributed by atoms with Crippen LogP contribution in [0, 0.1) is 5.82 Å². The first-order chi connectivity index (χ1) is 15.7. The van der Waals surface area contributed by atoms with E-state index < -0.39 is 28.9 Å². The highest BCUT2D eigenvalue weighted by molar-refractivity contribution is 5.94. The molecule has 1 aromatic heterocycles. The molecule has 0 unspecified atom stereocenters. The lowest BCUT2D eigenvalue weighted by Crippen LogP contribution is -2.35. The van der Waals surface area contributed by atoms with Gasteiger partial charge in [0.1, 0.15) is 5.82 Å². The van der Waals surface area contributed by atoms with Crippen LogP contribution in [-0.4, -0.2) is 22.0 Å². The van der Waals surface area contributed by atoms with Gasteiger partial charge in [-0.1, -0.05) is 30.3 Å². The molecule has 33 heavy (non-hydrogen) atoms. The number of amides is 1. The Morgan fingerprint density at radius 2 is 1.70 bits per heavy atom. The van der Waals surface area contributed by atoms with Crippen LogP contribution < -0.4 is 10.9 Å². The van der Waals surface area contributed by atoms with Crippen molar-refractivity contribution in [3.8, 4) is 5.69 Å². The third-order valence-electron chi connectivity index (χ3n) is 5.02. The van der Waals surface area contributed by atoms with Crippen molar-refractivity contribution >= 4 is 16.9 Å². The van der Waals surface area contributed by atoms with Crippen molar-refractivity contribution in [2.45, 2.75) is 12.6 Å². The molecule has 0 atom stereocenters. The number of carbonyl (C=O) groups is 1. The number of nitrogens with one attached hydrogen (secondary N) is 1. The van der Waals surface area contributed by atoms with Crippen LogP contribution in [0.25, 0.3) is 16.7 Å². The molecule has 0 radical (unpaired) electrons. The highest BCUT2D eigenvalue weighted by Gasteiger charge is 2.31. The summed E-state index contributed by atoms with van der Waals surface area (Å²) in [6.07, 6.45) is -4.20. The highest BCUT2D eigenvalue weighted by Crippen LogP contribution is 2.30. The number of nitrogens with zero attached hydrogens (tertiary/aromatic N) is 2. The van der Waals surface area contributed by atoms with Crippen molar-refractivity contribution in [2.24, 2.45) is 0 Å². The molecule has 9 heteroatoms. The smallest absolute Gasteiger partial charge is 0.350 e. The second kappa shape index (κ2) is 8.85. The number of carbonyl (C=O) groups excluding carboxylic acids is 1. The zero-order valence-corrected chi connectivity index (χ0v) is 17.1. The predicted octanol–water partition coefficient (Wildman–Crippen LogP) is 4.52. The monoisotopic (exact) mass is 455 g/mol. The van der Waals surface area contributed by atoms with E-state index in [0.29, 0.717) is 6.42 Å². The van der Waals surface area contributed by atoms with Gasteiger partial charge < -0.3 is 5.32 Å². The fourth-order valence-corrected chi connectivity index (χ4v) is 3.41. The highest BCUT2D eigenvalue weighted by atomic mass is 19.4. The first-order valence-corrected chi connectivity index (χ1v) is 9.96. The Bertz CT molecular complexity index is 1380. The number of hydrogen-bond donors (Lipinski definition) is 1. The number of hydrogen-bond acceptors (Lipinski definition) is 3. The molecule has 3 aromatic carbocycles. The average Bonchev–Trinajstić information content (AvgIpc) is 2.79. The van der Waals surface area contributed by atoms with E-state index in [1.54, 1.807) is 36.4 Å². The molecule has 0 aliphatic heterocycles. The molecule has 1 heterocycles. The van der Waals surface area contributed by atoms with E-state index in [4.69, 9.17) is 0 Å². The fraction of sp³-hybridized carbons (Fsp3) is 0.125. The third-order valence-corrected chi connectivity index (χ3v) is 5.02. The van der Waals surface area contributed by atoms with Crippen molar-refractivity contribution in [3.63, 3.8) is 0 Å². The lowest BCUT2D eigenvalue weighted by atomic mass is 10.1. The summed E-state index contributed by atoms with van der Waals surface area (Å²) in [6.45, 7) is 0.155. The maximum Gasteiger partial charge on any atom is 0.416 e. The van der Waals surface area contributed by atoms with Gasteiger partial charge in [0, 0.05) is 12.2 Å². The van der Waals surface area contributed by atoms with Gasteiger partial charge in [0.2, 0.25) is 0 Å². The summed E-state index contributed by atoms with van der Waals surface area (Å²) in [4.78, 5) is 30.1. The van der Waals surface area contributed by atoms with Gasteiger partial charge in [-0.05, 0) is 54.4 Å². The molecule has 5 nitrogen and oxygen atoms in total. The second-order valence-corrected chi connectivity index (χ2v) is 7.27. The number of para-hydroxylation sites is 2. The van der Waals surface area contributed by atoms with Crippen LogP contribution in [0.15, 0.2) is 77.6 Å². The van der Waals surface area contributed by atoms with Crippen molar-refractivity contribution in [1.82, 2.24) is 14.9 Å². The van der Waals surface area contributed by atoms with Gasteiger partial charge in [0.25, 0.3) is 11.5 Å². The van der Waals surface area contributed by atoms with Crippen LogP contribution in [0.2, 0.25) is 0 Å². The number of alkyl halides is 3. The normalized spacial score (nSPS) is 11.5. The van der Waals surface area contributed by atoms with Gasteiger partial charge in [0.15, 0.2) is 5.69 Å². The van der Waals surface area contributed by atoms with Crippen LogP contribution in [0.1, 0.15) is 21.6 Å². The summed E-state index contributed by atoms with van der Waals surface area (Å²) in [5.74, 6) is -1.13. The summed E-state index contributed by atoms with van der Waals surface area (Å²) in [5.41, 5.74) is -0.906. The largest absolute Gasteiger partial charge is 0.416 e. The predicted molar refractivity (Wildman–Crippen MR) is 115 cm³/mol. The Balaban J connectivity index is 1.70. The van der Waals surface area contributed by atoms with E-state index >= 15 is 0 Å². The summed E-state index contributed by atoms with van der Waals surface area (Å²) in [6, 6.07) is 16.4. The molecule has 0 aliphatic rings. The van der Waals surface area contributed by atoms with Crippen LogP contribution in [0.4, 0.5) is 17.6 Å². The van der Waals surface area contributed by atoms with Gasteiger partial charge in [-0.15, -0.1) is 0 Å². The number of halogens is 4. The van der Waals surface area contributed by atoms with E-state index in [2.05, 4.69) is 10.3 Å². The maximum atomic E-state index is 13.2. The molecule has 1 N–H and O–H groups in total. The summed E-state index contributed by atoms with van der Waals surface area (Å²) in [5, 5.41) is 2.59. The van der Waals surface area contributed by atoms with Crippen molar-refractivity contribution in [3.05, 3.63) is 106 Å². The zero-order valence-electron chi connectivity index (χ0n) is 17.1. The van der Waals surface area contributed by atoms with E-state index in [9.17, 15) is 27.2 Å². The van der Waals surface area contributed by atoms with Crippen LogP contribution in [0.5, 0.6) is 0 Å². The molecule has 0 spiro atoms. The lowest BCUT2D eigenvalue weighted by molar-refractivity contribution is -0.137. The molecule has 4 aromatic rings. The van der Waals surface area contributed by atoms with Gasteiger partial charge in [-0.25, -0.2) is 9.37 Å². The van der Waals surface area contributed by atoms with Gasteiger partial charge in [0.05, 0.1) is 16.6 Å². The van der Waals surface area contributed by atoms with E-state index in [-0.39, 0.29) is 29.1 Å². The summed E-state index contributed by atoms with van der Waals surface area (Å²) < 4.78 is 53.7. The topological polar surface area (TPSA) is 64.0 Å². The molecule has 4 rings (SSSR count). The number of rotatable bonds is 5. The Morgan fingerprint density at radius 3 is 2.42 bits per heavy atom. The van der Waals surface area contributed by atoms with Crippen molar-refractivity contribution in [2.75, 3.05) is 6.54 Å². The molecule has 0 aliphatic carbocycles. The number of fused-ring (bicyclic) bond motifs is 1. The molecule has 0 fully saturated rings. The Morgan fingerprint density at radius 1 is 0.970 bits per heavy atom. The molecule has 0 bridgehead atoms. The van der Waals surface area contributed by atoms with E-state index in [0.717, 1.165) is 22.3 Å². The van der Waals surface area contributed by atoms with Crippen LogP contribution in [0.3, 0.4) is 0 Å². The SMILES string of the molecule is O=C(NCCc1ccc(F)cc1)c1nc2ccccc2n(-c2cccc(C(F)(F)F)c2)c1=O. The van der Waals surface area contributed by atoms with Crippen molar-refractivity contribution in [1.29, 1.82) is 0 Å². The molecule has 0 saturated heterocycles. The summed E-state index contributed by atoms with van der Waals surface area (Å²) >= 11 is 0. The van der Waals surface area contributed by atoms with Gasteiger partial charge >= 0.3 is 6.18 Å². The number of benzene rings is 3. The molecular weight excluding hydrogens is 438 g/mol. The molecule has 0 saturated carbocycles. The van der Waals surface area contributed by atoms with Crippen molar-refractivity contribution < 1.29 is 22.4 Å². The standard InChI is InChI=1S/C24H17F4N3O2/c25-17-10-8-15(9-11-17)12-13-29-22(32)21-23(33)31(20-7-2-1-6-19(20)30-21)18-5-3-4-16(14-18)24(26,27)28/h1-11,14H,12-13H2,(H,29,32). The van der Waals surface area contributed by atoms with E-state index in [1.165, 1.54) is 24.3 Å². The first-order valence-electron chi connectivity index (χ1n) is 9.96. The Labute approximate surface area is 185 Å². The molecule has 1 amide bonds. The fourth-order valence-electron chi connectivity index (χ4n) is 3.41. The van der Waals surface area contributed by atoms with Crippen LogP contribution >= 0.6 is 0 Å². The third kappa shape index (κ3) is 4.77. The number of aromatic nitrogens is 2.